The van der Waals surface area contributed by atoms with Gasteiger partial charge in [0.25, 0.3) is 0 Å². The van der Waals surface area contributed by atoms with Crippen molar-refractivity contribution in [1.82, 2.24) is 19.6 Å². The van der Waals surface area contributed by atoms with Crippen LogP contribution < -0.4 is 0 Å². The van der Waals surface area contributed by atoms with Crippen molar-refractivity contribution in [2.75, 3.05) is 0 Å². The first-order valence-electron chi connectivity index (χ1n) is 4.35. The summed E-state index contributed by atoms with van der Waals surface area (Å²) in [6.07, 6.45) is 1.44. The van der Waals surface area contributed by atoms with Crippen LogP contribution in [-0.4, -0.2) is 19.6 Å². The fraction of sp³-hybridized carbons (Fsp3) is 0.444. The van der Waals surface area contributed by atoms with Crippen molar-refractivity contribution in [2.45, 2.75) is 26.2 Å². The second kappa shape index (κ2) is 2.92. The van der Waals surface area contributed by atoms with Gasteiger partial charge in [-0.3, -0.25) is 0 Å². The van der Waals surface area contributed by atoms with Crippen molar-refractivity contribution in [2.24, 2.45) is 0 Å². The van der Waals surface area contributed by atoms with Crippen LogP contribution in [0, 0.1) is 0 Å². The molecule has 0 saturated heterocycles. The molecule has 0 amide bonds. The fourth-order valence-electron chi connectivity index (χ4n) is 1.16. The quantitative estimate of drug-likeness (QED) is 0.669. The summed E-state index contributed by atoms with van der Waals surface area (Å²) in [5.74, 6) is 0. The third-order valence-corrected chi connectivity index (χ3v) is 2.25. The first kappa shape index (κ1) is 9.40. The Morgan fingerprint density at radius 1 is 1.29 bits per heavy atom. The third-order valence-electron chi connectivity index (χ3n) is 1.99. The van der Waals surface area contributed by atoms with Gasteiger partial charge in [-0.1, -0.05) is 20.8 Å². The van der Waals surface area contributed by atoms with E-state index >= 15 is 0 Å². The molecule has 0 fully saturated rings. The Morgan fingerprint density at radius 2 is 2.00 bits per heavy atom. The molecule has 2 rings (SSSR count). The van der Waals surface area contributed by atoms with E-state index in [0.29, 0.717) is 5.28 Å². The highest BCUT2D eigenvalue weighted by Crippen LogP contribution is 2.22. The van der Waals surface area contributed by atoms with Gasteiger partial charge in [0.15, 0.2) is 5.65 Å². The molecule has 5 heteroatoms. The summed E-state index contributed by atoms with van der Waals surface area (Å²) >= 11 is 5.87. The maximum absolute atomic E-state index is 5.87. The zero-order chi connectivity index (χ0) is 10.3. The highest BCUT2D eigenvalue weighted by Gasteiger charge is 2.18. The fourth-order valence-corrected chi connectivity index (χ4v) is 1.32. The lowest BCUT2D eigenvalue weighted by molar-refractivity contribution is 0.562. The average molecular weight is 211 g/mol. The van der Waals surface area contributed by atoms with Crippen molar-refractivity contribution in [3.05, 3.63) is 23.4 Å². The molecular formula is C9H11ClN4. The molecule has 0 saturated carbocycles. The Balaban J connectivity index is 2.69. The summed E-state index contributed by atoms with van der Waals surface area (Å²) in [4.78, 5) is 7.94. The monoisotopic (exact) mass is 210 g/mol. The van der Waals surface area contributed by atoms with E-state index in [1.807, 2.05) is 6.07 Å². The van der Waals surface area contributed by atoms with Gasteiger partial charge in [0.05, 0.1) is 5.69 Å². The topological polar surface area (TPSA) is 43.1 Å². The molecular weight excluding hydrogens is 200 g/mol. The predicted octanol–water partition coefficient (Wildman–Crippen LogP) is 2.08. The lowest BCUT2D eigenvalue weighted by Gasteiger charge is -2.13. The molecule has 14 heavy (non-hydrogen) atoms. The Kier molecular flexibility index (Phi) is 1.96. The van der Waals surface area contributed by atoms with E-state index in [1.54, 1.807) is 4.52 Å². The summed E-state index contributed by atoms with van der Waals surface area (Å²) < 4.78 is 1.54. The molecule has 0 unspecified atom stereocenters. The number of hydrogen-bond acceptors (Lipinski definition) is 3. The lowest BCUT2D eigenvalue weighted by Crippen LogP contribution is -2.11. The first-order chi connectivity index (χ1) is 6.48. The number of aromatic nitrogens is 4. The minimum atomic E-state index is -0.00295. The molecule has 0 atom stereocenters. The molecule has 0 aliphatic rings. The Hall–Kier alpha value is -1.16. The standard InChI is InChI=1S/C9H11ClN4/c1-9(2,3)6-4-7-11-5-12-8(10)14(7)13-6/h4-5H,1-3H3. The van der Waals surface area contributed by atoms with Gasteiger partial charge in [-0.05, 0) is 11.6 Å². The largest absolute Gasteiger partial charge is 0.227 e. The molecule has 0 spiro atoms. The van der Waals surface area contributed by atoms with E-state index in [4.69, 9.17) is 11.6 Å². The van der Waals surface area contributed by atoms with Crippen molar-refractivity contribution < 1.29 is 0 Å². The molecule has 74 valence electrons. The van der Waals surface area contributed by atoms with Crippen LogP contribution in [0.2, 0.25) is 5.28 Å². The molecule has 2 aromatic rings. The van der Waals surface area contributed by atoms with Crippen LogP contribution in [0.1, 0.15) is 26.5 Å². The second-order valence-corrected chi connectivity index (χ2v) is 4.53. The van der Waals surface area contributed by atoms with Crippen LogP contribution in [0.5, 0.6) is 0 Å². The lowest BCUT2D eigenvalue weighted by atomic mass is 9.93. The summed E-state index contributed by atoms with van der Waals surface area (Å²) in [7, 11) is 0. The number of halogens is 1. The van der Waals surface area contributed by atoms with Gasteiger partial charge in [-0.2, -0.15) is 9.61 Å². The Labute approximate surface area is 86.9 Å². The van der Waals surface area contributed by atoms with Gasteiger partial charge in [-0.15, -0.1) is 0 Å². The summed E-state index contributed by atoms with van der Waals surface area (Å²) in [5, 5.41) is 4.68. The molecule has 0 aliphatic heterocycles. The van der Waals surface area contributed by atoms with Crippen LogP contribution in [0.15, 0.2) is 12.4 Å². The van der Waals surface area contributed by atoms with E-state index in [9.17, 15) is 0 Å². The van der Waals surface area contributed by atoms with Crippen molar-refractivity contribution >= 4 is 17.2 Å². The zero-order valence-corrected chi connectivity index (χ0v) is 9.08. The van der Waals surface area contributed by atoms with E-state index in [-0.39, 0.29) is 5.41 Å². The molecule has 2 aromatic heterocycles. The van der Waals surface area contributed by atoms with Gasteiger partial charge in [0, 0.05) is 11.5 Å². The number of nitrogens with zero attached hydrogens (tertiary/aromatic N) is 4. The Morgan fingerprint density at radius 3 is 2.57 bits per heavy atom. The maximum atomic E-state index is 5.87. The number of rotatable bonds is 0. The van der Waals surface area contributed by atoms with Gasteiger partial charge in [0.1, 0.15) is 6.33 Å². The van der Waals surface area contributed by atoms with Gasteiger partial charge < -0.3 is 0 Å². The van der Waals surface area contributed by atoms with Crippen LogP contribution in [0.25, 0.3) is 5.65 Å². The average Bonchev–Trinajstić information content (AvgIpc) is 2.48. The highest BCUT2D eigenvalue weighted by molar-refractivity contribution is 6.28. The van der Waals surface area contributed by atoms with Crippen molar-refractivity contribution in [3.63, 3.8) is 0 Å². The number of hydrogen-bond donors (Lipinski definition) is 0. The first-order valence-corrected chi connectivity index (χ1v) is 4.73. The van der Waals surface area contributed by atoms with Gasteiger partial charge in [0.2, 0.25) is 5.28 Å². The summed E-state index contributed by atoms with van der Waals surface area (Å²) in [6.45, 7) is 6.28. The minimum Gasteiger partial charge on any atom is -0.217 e. The van der Waals surface area contributed by atoms with E-state index in [2.05, 4.69) is 35.8 Å². The van der Waals surface area contributed by atoms with Crippen molar-refractivity contribution in [3.8, 4) is 0 Å². The SMILES string of the molecule is CC(C)(C)c1cc2ncnc(Cl)n2n1. The molecule has 0 radical (unpaired) electrons. The summed E-state index contributed by atoms with van der Waals surface area (Å²) in [5.41, 5.74) is 1.69. The molecule has 0 aromatic carbocycles. The predicted molar refractivity (Wildman–Crippen MR) is 54.5 cm³/mol. The van der Waals surface area contributed by atoms with Gasteiger partial charge >= 0.3 is 0 Å². The maximum Gasteiger partial charge on any atom is 0.227 e. The smallest absolute Gasteiger partial charge is 0.217 e. The summed E-state index contributed by atoms with van der Waals surface area (Å²) in [6, 6.07) is 1.92. The van der Waals surface area contributed by atoms with Gasteiger partial charge in [-0.25, -0.2) is 9.97 Å². The third kappa shape index (κ3) is 1.46. The van der Waals surface area contributed by atoms with E-state index < -0.39 is 0 Å². The molecule has 0 bridgehead atoms. The van der Waals surface area contributed by atoms with Crippen LogP contribution in [0.4, 0.5) is 0 Å². The number of fused-ring (bicyclic) bond motifs is 1. The van der Waals surface area contributed by atoms with Crippen LogP contribution in [0.3, 0.4) is 0 Å². The normalized spacial score (nSPS) is 12.3. The molecule has 0 aliphatic carbocycles. The van der Waals surface area contributed by atoms with E-state index in [1.165, 1.54) is 6.33 Å². The van der Waals surface area contributed by atoms with Crippen LogP contribution >= 0.6 is 11.6 Å². The Bertz CT molecular complexity index is 469. The van der Waals surface area contributed by atoms with Crippen molar-refractivity contribution in [1.29, 1.82) is 0 Å². The highest BCUT2D eigenvalue weighted by atomic mass is 35.5. The second-order valence-electron chi connectivity index (χ2n) is 4.19. The van der Waals surface area contributed by atoms with Crippen LogP contribution in [-0.2, 0) is 5.41 Å². The molecule has 4 nitrogen and oxygen atoms in total. The minimum absolute atomic E-state index is 0.00295. The van der Waals surface area contributed by atoms with E-state index in [0.717, 1.165) is 11.3 Å². The zero-order valence-electron chi connectivity index (χ0n) is 8.32. The molecule has 2 heterocycles. The molecule has 0 N–H and O–H groups in total.